The molecule has 1 saturated heterocycles. The quantitative estimate of drug-likeness (QED) is 0.668. The number of anilines is 1. The number of ether oxygens (including phenoxy) is 1. The molecule has 0 aromatic heterocycles. The second-order valence-electron chi connectivity index (χ2n) is 8.34. The first-order valence-electron chi connectivity index (χ1n) is 10.8. The number of aliphatic hydroxyl groups is 1. The van der Waals surface area contributed by atoms with Gasteiger partial charge in [-0.2, -0.15) is 0 Å². The largest absolute Gasteiger partial charge is 0.497 e. The van der Waals surface area contributed by atoms with E-state index in [9.17, 15) is 14.7 Å². The molecule has 0 bridgehead atoms. The molecule has 2 aromatic rings. The van der Waals surface area contributed by atoms with Crippen LogP contribution in [0.2, 0.25) is 0 Å². The van der Waals surface area contributed by atoms with Crippen molar-refractivity contribution in [1.82, 2.24) is 9.80 Å². The molecule has 1 fully saturated rings. The zero-order valence-electron chi connectivity index (χ0n) is 18.4. The molecule has 32 heavy (non-hydrogen) atoms. The highest BCUT2D eigenvalue weighted by atomic mass is 32.2. The fourth-order valence-corrected chi connectivity index (χ4v) is 5.02. The number of fused-ring (bicyclic) bond motifs is 1. The van der Waals surface area contributed by atoms with Crippen molar-refractivity contribution >= 4 is 29.3 Å². The zero-order valence-corrected chi connectivity index (χ0v) is 19.2. The molecule has 2 amide bonds. The Hall–Kier alpha value is -2.55. The number of hydrogen-bond acceptors (Lipinski definition) is 6. The smallest absolute Gasteiger partial charge is 0.234 e. The monoisotopic (exact) mass is 455 g/mol. The molecule has 170 valence electrons. The average molecular weight is 456 g/mol. The van der Waals surface area contributed by atoms with Gasteiger partial charge in [-0.15, -0.1) is 11.8 Å². The normalized spacial score (nSPS) is 19.2. The van der Waals surface area contributed by atoms with Gasteiger partial charge in [-0.3, -0.25) is 14.5 Å². The molecule has 1 unspecified atom stereocenters. The molecular weight excluding hydrogens is 426 g/mol. The van der Waals surface area contributed by atoms with E-state index in [2.05, 4.69) is 10.2 Å². The number of hydrogen-bond donors (Lipinski definition) is 2. The maximum absolute atomic E-state index is 13.3. The number of β-amino-alcohol motifs (C(OH)–C–C–N with tert-alkyl or cyclic N) is 1. The summed E-state index contributed by atoms with van der Waals surface area (Å²) in [6.45, 7) is 2.07. The van der Waals surface area contributed by atoms with Crippen molar-refractivity contribution in [3.05, 3.63) is 53.6 Å². The number of aliphatic hydroxyl groups excluding tert-OH is 1. The highest BCUT2D eigenvalue weighted by Crippen LogP contribution is 2.32. The molecule has 0 radical (unpaired) electrons. The van der Waals surface area contributed by atoms with Crippen LogP contribution in [0.15, 0.2) is 47.4 Å². The van der Waals surface area contributed by atoms with E-state index in [1.807, 2.05) is 49.5 Å². The first-order valence-corrected chi connectivity index (χ1v) is 11.8. The van der Waals surface area contributed by atoms with Crippen LogP contribution in [0.4, 0.5) is 5.69 Å². The van der Waals surface area contributed by atoms with Gasteiger partial charge in [0.05, 0.1) is 37.1 Å². The van der Waals surface area contributed by atoms with E-state index < -0.39 is 0 Å². The molecule has 2 N–H and O–H groups in total. The molecule has 0 saturated carbocycles. The predicted molar refractivity (Wildman–Crippen MR) is 125 cm³/mol. The van der Waals surface area contributed by atoms with Gasteiger partial charge in [0, 0.05) is 31.6 Å². The molecule has 0 spiro atoms. The first-order chi connectivity index (χ1) is 15.4. The van der Waals surface area contributed by atoms with Crippen molar-refractivity contribution in [2.45, 2.75) is 29.9 Å². The lowest BCUT2D eigenvalue weighted by atomic mass is 10.0. The number of likely N-dealkylation sites (tertiary alicyclic amines) is 1. The molecule has 2 heterocycles. The second kappa shape index (κ2) is 9.94. The SMILES string of the molecule is COc1cccc(C(CN2CC[C@H](O)C2)N(C)C(=O)Cc2ccc3c(c2)NC(=O)CS3)c1. The van der Waals surface area contributed by atoms with Gasteiger partial charge in [0.25, 0.3) is 0 Å². The summed E-state index contributed by atoms with van der Waals surface area (Å²) in [5, 5.41) is 12.8. The maximum atomic E-state index is 13.3. The molecule has 2 aliphatic heterocycles. The minimum atomic E-state index is -0.314. The van der Waals surface area contributed by atoms with E-state index in [1.54, 1.807) is 12.0 Å². The zero-order chi connectivity index (χ0) is 22.7. The number of amides is 2. The lowest BCUT2D eigenvalue weighted by Gasteiger charge is -2.32. The van der Waals surface area contributed by atoms with Crippen LogP contribution in [0.1, 0.15) is 23.6 Å². The van der Waals surface area contributed by atoms with Crippen molar-refractivity contribution in [3.8, 4) is 5.75 Å². The van der Waals surface area contributed by atoms with E-state index in [-0.39, 0.29) is 30.4 Å². The third-order valence-electron chi connectivity index (χ3n) is 6.05. The molecule has 2 aromatic carbocycles. The van der Waals surface area contributed by atoms with Crippen molar-refractivity contribution in [2.75, 3.05) is 44.9 Å². The molecular formula is C24H29N3O4S. The van der Waals surface area contributed by atoms with Crippen molar-refractivity contribution in [3.63, 3.8) is 0 Å². The van der Waals surface area contributed by atoms with Gasteiger partial charge in [0.1, 0.15) is 5.75 Å². The maximum Gasteiger partial charge on any atom is 0.234 e. The lowest BCUT2D eigenvalue weighted by molar-refractivity contribution is -0.131. The van der Waals surface area contributed by atoms with Crippen LogP contribution in [-0.2, 0) is 16.0 Å². The molecule has 4 rings (SSSR count). The number of carbonyl (C=O) groups is 2. The summed E-state index contributed by atoms with van der Waals surface area (Å²) in [5.41, 5.74) is 2.63. The van der Waals surface area contributed by atoms with E-state index in [0.29, 0.717) is 18.8 Å². The van der Waals surface area contributed by atoms with Gasteiger partial charge in [0.15, 0.2) is 0 Å². The Balaban J connectivity index is 1.53. The Morgan fingerprint density at radius 3 is 2.94 bits per heavy atom. The van der Waals surface area contributed by atoms with E-state index in [0.717, 1.165) is 40.4 Å². The standard InChI is InChI=1S/C24H29N3O4S/c1-26(24(30)11-16-6-7-22-20(10-16)25-23(29)15-32-22)21(14-27-9-8-18(28)13-27)17-4-3-5-19(12-17)31-2/h3-7,10,12,18,21,28H,8-9,11,13-15H2,1-2H3,(H,25,29)/t18-,21?/m0/s1. The molecule has 2 atom stereocenters. The lowest BCUT2D eigenvalue weighted by Crippen LogP contribution is -2.39. The second-order valence-corrected chi connectivity index (χ2v) is 9.36. The third kappa shape index (κ3) is 5.26. The van der Waals surface area contributed by atoms with Gasteiger partial charge < -0.3 is 20.1 Å². The minimum absolute atomic E-state index is 0.00713. The average Bonchev–Trinajstić information content (AvgIpc) is 3.21. The number of nitrogens with one attached hydrogen (secondary N) is 1. The molecule has 0 aliphatic carbocycles. The van der Waals surface area contributed by atoms with Crippen LogP contribution < -0.4 is 10.1 Å². The third-order valence-corrected chi connectivity index (χ3v) is 7.12. The highest BCUT2D eigenvalue weighted by molar-refractivity contribution is 8.00. The number of thioether (sulfide) groups is 1. The summed E-state index contributed by atoms with van der Waals surface area (Å²) >= 11 is 1.51. The van der Waals surface area contributed by atoms with Crippen LogP contribution in [-0.4, -0.2) is 72.4 Å². The van der Waals surface area contributed by atoms with Crippen LogP contribution >= 0.6 is 11.8 Å². The summed E-state index contributed by atoms with van der Waals surface area (Å²) in [5.74, 6) is 1.14. The van der Waals surface area contributed by atoms with E-state index in [1.165, 1.54) is 11.8 Å². The number of nitrogens with zero attached hydrogens (tertiary/aromatic N) is 2. The summed E-state index contributed by atoms with van der Waals surface area (Å²) in [4.78, 5) is 30.0. The van der Waals surface area contributed by atoms with Crippen molar-refractivity contribution in [1.29, 1.82) is 0 Å². The van der Waals surface area contributed by atoms with Gasteiger partial charge >= 0.3 is 0 Å². The summed E-state index contributed by atoms with van der Waals surface area (Å²) in [7, 11) is 3.46. The minimum Gasteiger partial charge on any atom is -0.497 e. The van der Waals surface area contributed by atoms with Gasteiger partial charge in [-0.25, -0.2) is 0 Å². The van der Waals surface area contributed by atoms with Crippen molar-refractivity contribution in [2.24, 2.45) is 0 Å². The van der Waals surface area contributed by atoms with Gasteiger partial charge in [-0.1, -0.05) is 18.2 Å². The van der Waals surface area contributed by atoms with Crippen molar-refractivity contribution < 1.29 is 19.4 Å². The Bertz CT molecular complexity index is 999. The Kier molecular flexibility index (Phi) is 7.03. The molecule has 2 aliphatic rings. The number of likely N-dealkylation sites (N-methyl/N-ethyl adjacent to an activating group) is 1. The summed E-state index contributed by atoms with van der Waals surface area (Å²) in [6, 6.07) is 13.4. The van der Waals surface area contributed by atoms with Crippen LogP contribution in [0.5, 0.6) is 5.75 Å². The highest BCUT2D eigenvalue weighted by Gasteiger charge is 2.28. The fourth-order valence-electron chi connectivity index (χ4n) is 4.24. The number of carbonyl (C=O) groups excluding carboxylic acids is 2. The van der Waals surface area contributed by atoms with Crippen LogP contribution in [0, 0.1) is 0 Å². The number of methoxy groups -OCH3 is 1. The molecule has 7 nitrogen and oxygen atoms in total. The summed E-state index contributed by atoms with van der Waals surface area (Å²) in [6.07, 6.45) is 0.680. The Morgan fingerprint density at radius 1 is 1.34 bits per heavy atom. The van der Waals surface area contributed by atoms with Gasteiger partial charge in [0.2, 0.25) is 11.8 Å². The topological polar surface area (TPSA) is 82.1 Å². The predicted octanol–water partition coefficient (Wildman–Crippen LogP) is 2.55. The fraction of sp³-hybridized carbons (Fsp3) is 0.417. The Morgan fingerprint density at radius 2 is 2.19 bits per heavy atom. The van der Waals surface area contributed by atoms with E-state index in [4.69, 9.17) is 4.74 Å². The van der Waals surface area contributed by atoms with Crippen LogP contribution in [0.3, 0.4) is 0 Å². The summed E-state index contributed by atoms with van der Waals surface area (Å²) < 4.78 is 5.40. The first kappa shape index (κ1) is 22.6. The van der Waals surface area contributed by atoms with Gasteiger partial charge in [-0.05, 0) is 41.8 Å². The van der Waals surface area contributed by atoms with E-state index >= 15 is 0 Å². The van der Waals surface area contributed by atoms with Crippen LogP contribution in [0.25, 0.3) is 0 Å². The molecule has 8 heteroatoms. The Labute approximate surface area is 192 Å². The number of benzene rings is 2. The number of rotatable bonds is 7.